The SMILES string of the molecule is NCCOCCOCCNc1ccc2c(c1OC(=O)C(F)(F)F)C(=O)N(C1CCC(=O)NC1=O)C2=O. The minimum atomic E-state index is -5.39. The van der Waals surface area contributed by atoms with E-state index in [9.17, 15) is 37.1 Å². The van der Waals surface area contributed by atoms with Gasteiger partial charge < -0.3 is 25.3 Å². The Labute approximate surface area is 202 Å². The number of carbonyl (C=O) groups is 5. The fourth-order valence-corrected chi connectivity index (χ4v) is 3.59. The Morgan fingerprint density at radius 3 is 2.42 bits per heavy atom. The molecule has 1 fully saturated rings. The quantitative estimate of drug-likeness (QED) is 0.157. The van der Waals surface area contributed by atoms with Crippen LogP contribution in [0.4, 0.5) is 18.9 Å². The summed E-state index contributed by atoms with van der Waals surface area (Å²) in [4.78, 5) is 61.9. The second-order valence-electron chi connectivity index (χ2n) is 7.64. The van der Waals surface area contributed by atoms with Crippen molar-refractivity contribution >= 4 is 35.3 Å². The van der Waals surface area contributed by atoms with Gasteiger partial charge in [-0.3, -0.25) is 29.4 Å². The second-order valence-corrected chi connectivity index (χ2v) is 7.64. The van der Waals surface area contributed by atoms with E-state index in [2.05, 4.69) is 10.1 Å². The molecule has 0 spiro atoms. The number of rotatable bonds is 11. The summed E-state index contributed by atoms with van der Waals surface area (Å²) in [7, 11) is 0. The number of esters is 1. The molecule has 1 atom stereocenters. The van der Waals surface area contributed by atoms with E-state index >= 15 is 0 Å². The first-order chi connectivity index (χ1) is 17.1. The molecule has 4 N–H and O–H groups in total. The van der Waals surface area contributed by atoms with Crippen molar-refractivity contribution in [2.45, 2.75) is 25.1 Å². The highest BCUT2D eigenvalue weighted by molar-refractivity contribution is 6.25. The van der Waals surface area contributed by atoms with E-state index in [4.69, 9.17) is 15.2 Å². The van der Waals surface area contributed by atoms with Crippen LogP contribution < -0.4 is 21.1 Å². The molecule has 4 amide bonds. The standard InChI is InChI=1S/C21H23F3N4O8/c22-21(23,24)20(33)36-16-12(26-6-8-35-10-9-34-7-5-25)2-1-11-15(16)19(32)28(18(11)31)13-3-4-14(29)27-17(13)30/h1-2,13,26H,3-10,25H2,(H,27,29,30). The summed E-state index contributed by atoms with van der Waals surface area (Å²) in [5, 5.41) is 4.72. The molecule has 1 aromatic rings. The number of anilines is 1. The number of hydrogen-bond acceptors (Lipinski definition) is 10. The largest absolute Gasteiger partial charge is 0.491 e. The van der Waals surface area contributed by atoms with Crippen molar-refractivity contribution in [2.24, 2.45) is 5.73 Å². The van der Waals surface area contributed by atoms with Crippen molar-refractivity contribution < 1.29 is 51.4 Å². The van der Waals surface area contributed by atoms with Gasteiger partial charge in [-0.1, -0.05) is 0 Å². The van der Waals surface area contributed by atoms with Crippen LogP contribution in [0.3, 0.4) is 0 Å². The van der Waals surface area contributed by atoms with Gasteiger partial charge in [0.25, 0.3) is 11.8 Å². The first-order valence-corrected chi connectivity index (χ1v) is 10.8. The van der Waals surface area contributed by atoms with Crippen LogP contribution in [0.2, 0.25) is 0 Å². The molecule has 2 aliphatic rings. The molecule has 2 heterocycles. The number of ether oxygens (including phenoxy) is 3. The monoisotopic (exact) mass is 516 g/mol. The van der Waals surface area contributed by atoms with Gasteiger partial charge in [-0.2, -0.15) is 13.2 Å². The first kappa shape index (κ1) is 27.0. The van der Waals surface area contributed by atoms with Gasteiger partial charge in [0.15, 0.2) is 5.75 Å². The molecule has 36 heavy (non-hydrogen) atoms. The van der Waals surface area contributed by atoms with E-state index < -0.39 is 53.1 Å². The topological polar surface area (TPSA) is 166 Å². The van der Waals surface area contributed by atoms with E-state index in [0.717, 1.165) is 6.07 Å². The van der Waals surface area contributed by atoms with E-state index in [1.807, 2.05) is 5.32 Å². The van der Waals surface area contributed by atoms with E-state index in [-0.39, 0.29) is 50.5 Å². The minimum Gasteiger partial charge on any atom is -0.417 e. The zero-order valence-corrected chi connectivity index (χ0v) is 18.8. The molecule has 2 aliphatic heterocycles. The number of halogens is 3. The number of nitrogens with one attached hydrogen (secondary N) is 2. The Balaban J connectivity index is 1.83. The van der Waals surface area contributed by atoms with Crippen LogP contribution >= 0.6 is 0 Å². The summed E-state index contributed by atoms with van der Waals surface area (Å²) in [5.41, 5.74) is 4.15. The van der Waals surface area contributed by atoms with Gasteiger partial charge in [-0.15, -0.1) is 0 Å². The Bertz CT molecular complexity index is 1060. The van der Waals surface area contributed by atoms with Crippen LogP contribution in [0.1, 0.15) is 33.6 Å². The number of piperidine rings is 1. The van der Waals surface area contributed by atoms with Crippen molar-refractivity contribution in [3.05, 3.63) is 23.3 Å². The number of nitrogens with two attached hydrogens (primary N) is 1. The predicted molar refractivity (Wildman–Crippen MR) is 114 cm³/mol. The number of amides is 4. The lowest BCUT2D eigenvalue weighted by Crippen LogP contribution is -2.54. The van der Waals surface area contributed by atoms with Crippen LogP contribution in [0, 0.1) is 0 Å². The Hall–Kier alpha value is -3.56. The Morgan fingerprint density at radius 2 is 1.78 bits per heavy atom. The average Bonchev–Trinajstić information content (AvgIpc) is 3.06. The van der Waals surface area contributed by atoms with Crippen molar-refractivity contribution in [1.82, 2.24) is 10.2 Å². The molecule has 12 nitrogen and oxygen atoms in total. The number of imide groups is 2. The van der Waals surface area contributed by atoms with Gasteiger partial charge in [0.2, 0.25) is 11.8 Å². The summed E-state index contributed by atoms with van der Waals surface area (Å²) in [6, 6.07) is 0.977. The molecule has 0 bridgehead atoms. The van der Waals surface area contributed by atoms with E-state index in [1.165, 1.54) is 6.07 Å². The molecule has 3 rings (SSSR count). The molecular formula is C21H23F3N4O8. The molecular weight excluding hydrogens is 493 g/mol. The molecule has 15 heteroatoms. The predicted octanol–water partition coefficient (Wildman–Crippen LogP) is -0.0407. The first-order valence-electron chi connectivity index (χ1n) is 10.8. The van der Waals surface area contributed by atoms with Gasteiger partial charge in [-0.25, -0.2) is 4.79 Å². The molecule has 196 valence electrons. The third-order valence-corrected chi connectivity index (χ3v) is 5.18. The van der Waals surface area contributed by atoms with Gasteiger partial charge >= 0.3 is 12.1 Å². The number of carbonyl (C=O) groups excluding carboxylic acids is 5. The highest BCUT2D eigenvalue weighted by Crippen LogP contribution is 2.39. The fourth-order valence-electron chi connectivity index (χ4n) is 3.59. The fraction of sp³-hybridized carbons (Fsp3) is 0.476. The van der Waals surface area contributed by atoms with Crippen molar-refractivity contribution in [3.63, 3.8) is 0 Å². The number of hydrogen-bond donors (Lipinski definition) is 3. The van der Waals surface area contributed by atoms with Gasteiger partial charge in [0.1, 0.15) is 6.04 Å². The lowest BCUT2D eigenvalue weighted by molar-refractivity contribution is -0.189. The molecule has 1 saturated heterocycles. The highest BCUT2D eigenvalue weighted by Gasteiger charge is 2.48. The minimum absolute atomic E-state index is 0.0330. The average molecular weight is 516 g/mol. The third-order valence-electron chi connectivity index (χ3n) is 5.18. The molecule has 0 aromatic heterocycles. The maximum Gasteiger partial charge on any atom is 0.491 e. The molecule has 1 aromatic carbocycles. The second kappa shape index (κ2) is 11.5. The molecule has 0 radical (unpaired) electrons. The summed E-state index contributed by atoms with van der Waals surface area (Å²) in [5.74, 6) is -7.01. The Kier molecular flexibility index (Phi) is 8.60. The summed E-state index contributed by atoms with van der Waals surface area (Å²) in [6.45, 7) is 1.30. The van der Waals surface area contributed by atoms with Crippen molar-refractivity contribution in [1.29, 1.82) is 0 Å². The zero-order valence-electron chi connectivity index (χ0n) is 18.8. The van der Waals surface area contributed by atoms with Gasteiger partial charge in [0, 0.05) is 19.5 Å². The maximum atomic E-state index is 13.1. The highest BCUT2D eigenvalue weighted by atomic mass is 19.4. The zero-order chi connectivity index (χ0) is 26.5. The number of nitrogens with zero attached hydrogens (tertiary/aromatic N) is 1. The number of alkyl halides is 3. The smallest absolute Gasteiger partial charge is 0.417 e. The molecule has 0 saturated carbocycles. The van der Waals surface area contributed by atoms with Crippen LogP contribution in [-0.4, -0.2) is 86.2 Å². The summed E-state index contributed by atoms with van der Waals surface area (Å²) < 4.78 is 53.8. The normalized spacial score (nSPS) is 17.8. The number of benzene rings is 1. The van der Waals surface area contributed by atoms with E-state index in [1.54, 1.807) is 0 Å². The van der Waals surface area contributed by atoms with Crippen molar-refractivity contribution in [2.75, 3.05) is 44.8 Å². The summed E-state index contributed by atoms with van der Waals surface area (Å²) >= 11 is 0. The molecule has 0 aliphatic carbocycles. The summed E-state index contributed by atoms with van der Waals surface area (Å²) in [6.07, 6.45) is -5.70. The molecule has 1 unspecified atom stereocenters. The third kappa shape index (κ3) is 5.98. The van der Waals surface area contributed by atoms with Crippen LogP contribution in [-0.2, 0) is 23.9 Å². The van der Waals surface area contributed by atoms with Gasteiger partial charge in [-0.05, 0) is 18.6 Å². The lowest BCUT2D eigenvalue weighted by Gasteiger charge is -2.27. The van der Waals surface area contributed by atoms with Gasteiger partial charge in [0.05, 0.1) is 43.2 Å². The van der Waals surface area contributed by atoms with E-state index in [0.29, 0.717) is 18.1 Å². The Morgan fingerprint density at radius 1 is 1.08 bits per heavy atom. The number of fused-ring (bicyclic) bond motifs is 1. The van der Waals surface area contributed by atoms with Crippen LogP contribution in [0.15, 0.2) is 12.1 Å². The maximum absolute atomic E-state index is 13.1. The van der Waals surface area contributed by atoms with Crippen LogP contribution in [0.5, 0.6) is 5.75 Å². The van der Waals surface area contributed by atoms with Crippen molar-refractivity contribution in [3.8, 4) is 5.75 Å². The lowest BCUT2D eigenvalue weighted by atomic mass is 10.0. The van der Waals surface area contributed by atoms with Crippen LogP contribution in [0.25, 0.3) is 0 Å².